The first-order valence-electron chi connectivity index (χ1n) is 11.8. The second-order valence-electron chi connectivity index (χ2n) is 9.75. The van der Waals surface area contributed by atoms with E-state index in [-0.39, 0.29) is 47.9 Å². The molecule has 0 saturated carbocycles. The zero-order chi connectivity index (χ0) is 28.5. The van der Waals surface area contributed by atoms with Gasteiger partial charge in [0, 0.05) is 36.2 Å². The zero-order valence-corrected chi connectivity index (χ0v) is 21.1. The molecular formula is C28H24F3N5O3. The second kappa shape index (κ2) is 10.3. The van der Waals surface area contributed by atoms with Gasteiger partial charge in [0.15, 0.2) is 5.78 Å². The van der Waals surface area contributed by atoms with Gasteiger partial charge in [-0.3, -0.25) is 9.59 Å². The average Bonchev–Trinajstić information content (AvgIpc) is 3.27. The number of Topliss-reactive ketones (excluding diaryl/α,β-unsaturated/α-hetero) is 1. The molecule has 0 spiro atoms. The number of hydrogen-bond donors (Lipinski definition) is 2. The predicted molar refractivity (Wildman–Crippen MR) is 137 cm³/mol. The molecule has 0 aliphatic rings. The van der Waals surface area contributed by atoms with Gasteiger partial charge >= 0.3 is 6.18 Å². The normalized spacial score (nSPS) is 11.9. The Morgan fingerprint density at radius 1 is 1.10 bits per heavy atom. The highest BCUT2D eigenvalue weighted by atomic mass is 19.4. The van der Waals surface area contributed by atoms with Crippen LogP contribution >= 0.6 is 0 Å². The largest absolute Gasteiger partial charge is 0.416 e. The fourth-order valence-electron chi connectivity index (χ4n) is 4.20. The fourth-order valence-corrected chi connectivity index (χ4v) is 4.20. The standard InChI is InChI=1S/C28H24F3N5O3/c1-27(2,15-37)36-14-23(22-13-34-26(33)35-25(22)36)24(39)17-5-6-18(12-32)19(10-17)11-21(38)9-16-3-7-20(8-4-16)28(29,30)31/h3-8,10,13-14,37H,9,11,15H2,1-2H3,(H2,33,34,35). The van der Waals surface area contributed by atoms with Gasteiger partial charge < -0.3 is 15.4 Å². The number of carbonyl (C=O) groups is 2. The minimum atomic E-state index is -4.48. The molecular weight excluding hydrogens is 511 g/mol. The molecule has 0 atom stereocenters. The quantitative estimate of drug-likeness (QED) is 0.323. The van der Waals surface area contributed by atoms with Crippen LogP contribution in [0.3, 0.4) is 0 Å². The molecule has 0 fully saturated rings. The number of aliphatic hydroxyl groups excluding tert-OH is 1. The Labute approximate surface area is 221 Å². The predicted octanol–water partition coefficient (Wildman–Crippen LogP) is 4.22. The molecule has 3 N–H and O–H groups in total. The molecule has 0 aliphatic carbocycles. The van der Waals surface area contributed by atoms with Gasteiger partial charge in [-0.2, -0.15) is 23.4 Å². The first-order chi connectivity index (χ1) is 18.3. The highest BCUT2D eigenvalue weighted by Crippen LogP contribution is 2.30. The molecule has 39 heavy (non-hydrogen) atoms. The van der Waals surface area contributed by atoms with Gasteiger partial charge in [0.1, 0.15) is 11.4 Å². The maximum Gasteiger partial charge on any atom is 0.416 e. The lowest BCUT2D eigenvalue weighted by atomic mass is 9.94. The van der Waals surface area contributed by atoms with Crippen LogP contribution in [-0.2, 0) is 29.4 Å². The van der Waals surface area contributed by atoms with Crippen LogP contribution < -0.4 is 5.73 Å². The number of aromatic nitrogens is 3. The molecule has 200 valence electrons. The summed E-state index contributed by atoms with van der Waals surface area (Å²) in [5, 5.41) is 19.9. The number of alkyl halides is 3. The third-order valence-corrected chi connectivity index (χ3v) is 6.41. The van der Waals surface area contributed by atoms with Gasteiger partial charge in [0.05, 0.1) is 34.9 Å². The number of nitrogen functional groups attached to an aromatic ring is 1. The van der Waals surface area contributed by atoms with Crippen LogP contribution in [0.15, 0.2) is 54.9 Å². The molecule has 0 amide bonds. The van der Waals surface area contributed by atoms with Gasteiger partial charge in [-0.25, -0.2) is 4.98 Å². The van der Waals surface area contributed by atoms with E-state index in [1.807, 2.05) is 6.07 Å². The van der Waals surface area contributed by atoms with Crippen molar-refractivity contribution in [1.29, 1.82) is 5.26 Å². The molecule has 0 aliphatic heterocycles. The van der Waals surface area contributed by atoms with E-state index >= 15 is 0 Å². The molecule has 11 heteroatoms. The van der Waals surface area contributed by atoms with E-state index in [1.165, 1.54) is 36.5 Å². The molecule has 2 aromatic heterocycles. The average molecular weight is 536 g/mol. The number of nitriles is 1. The lowest BCUT2D eigenvalue weighted by Crippen LogP contribution is -2.30. The van der Waals surface area contributed by atoms with Crippen molar-refractivity contribution in [3.8, 4) is 6.07 Å². The topological polar surface area (TPSA) is 135 Å². The number of fused-ring (bicyclic) bond motifs is 1. The Morgan fingerprint density at radius 2 is 1.79 bits per heavy atom. The summed E-state index contributed by atoms with van der Waals surface area (Å²) < 4.78 is 40.1. The van der Waals surface area contributed by atoms with Crippen molar-refractivity contribution in [2.24, 2.45) is 0 Å². The van der Waals surface area contributed by atoms with Gasteiger partial charge in [-0.15, -0.1) is 0 Å². The van der Waals surface area contributed by atoms with Crippen molar-refractivity contribution in [3.63, 3.8) is 0 Å². The molecule has 0 saturated heterocycles. The first-order valence-corrected chi connectivity index (χ1v) is 11.8. The maximum absolute atomic E-state index is 13.6. The van der Waals surface area contributed by atoms with Crippen molar-refractivity contribution in [1.82, 2.24) is 14.5 Å². The molecule has 4 aromatic rings. The summed E-state index contributed by atoms with van der Waals surface area (Å²) in [5.74, 6) is -0.746. The Kier molecular flexibility index (Phi) is 7.26. The molecule has 4 rings (SSSR count). The fraction of sp³-hybridized carbons (Fsp3) is 0.250. The van der Waals surface area contributed by atoms with Crippen molar-refractivity contribution in [2.75, 3.05) is 12.3 Å². The molecule has 2 aromatic carbocycles. The molecule has 2 heterocycles. The van der Waals surface area contributed by atoms with Crippen LogP contribution in [0.5, 0.6) is 0 Å². The lowest BCUT2D eigenvalue weighted by Gasteiger charge is -2.24. The van der Waals surface area contributed by atoms with Gasteiger partial charge in [-0.1, -0.05) is 12.1 Å². The van der Waals surface area contributed by atoms with Crippen LogP contribution in [-0.4, -0.2) is 37.8 Å². The molecule has 0 radical (unpaired) electrons. The van der Waals surface area contributed by atoms with Crippen LogP contribution in [0.4, 0.5) is 19.1 Å². The van der Waals surface area contributed by atoms with E-state index in [0.717, 1.165) is 12.1 Å². The van der Waals surface area contributed by atoms with Crippen molar-refractivity contribution in [3.05, 3.63) is 88.2 Å². The number of carbonyl (C=O) groups excluding carboxylic acids is 2. The number of benzene rings is 2. The maximum atomic E-state index is 13.6. The zero-order valence-electron chi connectivity index (χ0n) is 21.1. The number of nitrogens with two attached hydrogens (primary N) is 1. The highest BCUT2D eigenvalue weighted by molar-refractivity contribution is 6.16. The Bertz CT molecular complexity index is 1620. The monoisotopic (exact) mass is 535 g/mol. The Balaban J connectivity index is 1.64. The van der Waals surface area contributed by atoms with Crippen LogP contribution in [0.25, 0.3) is 11.0 Å². The molecule has 8 nitrogen and oxygen atoms in total. The van der Waals surface area contributed by atoms with E-state index < -0.39 is 23.1 Å². The summed E-state index contributed by atoms with van der Waals surface area (Å²) in [4.78, 5) is 34.6. The van der Waals surface area contributed by atoms with Crippen molar-refractivity contribution in [2.45, 2.75) is 38.4 Å². The summed E-state index contributed by atoms with van der Waals surface area (Å²) in [7, 11) is 0. The first kappa shape index (κ1) is 27.5. The number of rotatable bonds is 8. The number of anilines is 1. The Hall–Kier alpha value is -4.56. The lowest BCUT2D eigenvalue weighted by molar-refractivity contribution is -0.137. The van der Waals surface area contributed by atoms with Crippen LogP contribution in [0.1, 0.15) is 52.0 Å². The SMILES string of the molecule is CC(C)(CO)n1cc(C(=O)c2ccc(C#N)c(CC(=O)Cc3ccc(C(F)(F)F)cc3)c2)c2cnc(N)nc21. The highest BCUT2D eigenvalue weighted by Gasteiger charge is 2.30. The summed E-state index contributed by atoms with van der Waals surface area (Å²) in [5.41, 5.74) is 5.89. The Morgan fingerprint density at radius 3 is 2.41 bits per heavy atom. The number of halogens is 3. The van der Waals surface area contributed by atoms with Gasteiger partial charge in [-0.05, 0) is 55.3 Å². The van der Waals surface area contributed by atoms with E-state index in [4.69, 9.17) is 5.73 Å². The number of hydrogen-bond acceptors (Lipinski definition) is 7. The van der Waals surface area contributed by atoms with Crippen LogP contribution in [0, 0.1) is 11.3 Å². The minimum Gasteiger partial charge on any atom is -0.394 e. The van der Waals surface area contributed by atoms with E-state index in [2.05, 4.69) is 9.97 Å². The van der Waals surface area contributed by atoms with E-state index in [9.17, 15) is 33.1 Å². The molecule has 0 bridgehead atoms. The smallest absolute Gasteiger partial charge is 0.394 e. The number of ketones is 2. The van der Waals surface area contributed by atoms with Gasteiger partial charge in [0.25, 0.3) is 0 Å². The number of aliphatic hydroxyl groups is 1. The minimum absolute atomic E-state index is 0.00167. The number of nitrogens with zero attached hydrogens (tertiary/aromatic N) is 4. The van der Waals surface area contributed by atoms with E-state index in [0.29, 0.717) is 22.2 Å². The van der Waals surface area contributed by atoms with Gasteiger partial charge in [0.2, 0.25) is 5.95 Å². The van der Waals surface area contributed by atoms with Crippen molar-refractivity contribution < 1.29 is 27.9 Å². The van der Waals surface area contributed by atoms with Crippen molar-refractivity contribution >= 4 is 28.5 Å². The molecule has 0 unspecified atom stereocenters. The van der Waals surface area contributed by atoms with E-state index in [1.54, 1.807) is 24.6 Å². The van der Waals surface area contributed by atoms with Crippen LogP contribution in [0.2, 0.25) is 0 Å². The summed E-state index contributed by atoms with van der Waals surface area (Å²) >= 11 is 0. The summed E-state index contributed by atoms with van der Waals surface area (Å²) in [6.07, 6.45) is -1.82. The third-order valence-electron chi connectivity index (χ3n) is 6.41. The summed E-state index contributed by atoms with van der Waals surface area (Å²) in [6, 6.07) is 10.7. The summed E-state index contributed by atoms with van der Waals surface area (Å²) in [6.45, 7) is 3.29. The second-order valence-corrected chi connectivity index (χ2v) is 9.75. The third kappa shape index (κ3) is 5.66.